The van der Waals surface area contributed by atoms with Gasteiger partial charge in [0.2, 0.25) is 23.6 Å². The lowest BCUT2D eigenvalue weighted by Gasteiger charge is -2.28. The van der Waals surface area contributed by atoms with E-state index in [1.165, 1.54) is 0 Å². The molecule has 0 aliphatic heterocycles. The van der Waals surface area contributed by atoms with Gasteiger partial charge in [0.15, 0.2) is 0 Å². The highest BCUT2D eigenvalue weighted by atomic mass is 16.4. The average Bonchev–Trinajstić information content (AvgIpc) is 2.85. The van der Waals surface area contributed by atoms with Gasteiger partial charge in [-0.25, -0.2) is 4.79 Å². The number of nitrogens with one attached hydrogen (secondary N) is 4. The topological polar surface area (TPSA) is 202 Å². The monoisotopic (exact) mass is 591 g/mol. The van der Waals surface area contributed by atoms with Crippen molar-refractivity contribution >= 4 is 29.6 Å². The maximum atomic E-state index is 13.4. The Morgan fingerprint density at radius 1 is 0.667 bits per heavy atom. The predicted molar refractivity (Wildman–Crippen MR) is 160 cm³/mol. The fourth-order valence-electron chi connectivity index (χ4n) is 4.23. The lowest BCUT2D eigenvalue weighted by molar-refractivity contribution is -0.142. The fraction of sp³-hybridized carbons (Fsp3) is 0.759. The summed E-state index contributed by atoms with van der Waals surface area (Å²) in [5.74, 6) is -1.56. The lowest BCUT2D eigenvalue weighted by Crippen LogP contribution is -2.58. The number of azide groups is 1. The number of aliphatic carboxylic acids is 1. The standard InChI is InChI=1S/C29H49N7O6/c1-10-11-20(29(41)42)31-25(37)21(12-16(2)3)32-26(38)22(13-17(4)5)33-27(39)23(14-18(6)7)34-28(40)24(35-36-30)15-19(8)9/h1,16-24H,11-15H2,2-9H3,(H,31,37)(H,32,38)(H,33,39)(H,34,40)(H,41,42)/t20-,21-,22-,23-,24-/m0/s1. The number of amides is 4. The normalized spacial score (nSPS) is 14.6. The molecule has 0 aliphatic rings. The summed E-state index contributed by atoms with van der Waals surface area (Å²) in [4.78, 5) is 67.0. The second-order valence-corrected chi connectivity index (χ2v) is 12.2. The molecule has 5 N–H and O–H groups in total. The Balaban J connectivity index is 5.98. The Hall–Kier alpha value is -3.78. The zero-order valence-corrected chi connectivity index (χ0v) is 26.1. The van der Waals surface area contributed by atoms with Crippen molar-refractivity contribution in [3.8, 4) is 12.3 Å². The van der Waals surface area contributed by atoms with Crippen LogP contribution in [0.25, 0.3) is 10.4 Å². The van der Waals surface area contributed by atoms with Crippen LogP contribution < -0.4 is 21.3 Å². The van der Waals surface area contributed by atoms with Gasteiger partial charge in [-0.1, -0.05) is 60.5 Å². The minimum atomic E-state index is -1.31. The second kappa shape index (κ2) is 19.4. The fourth-order valence-corrected chi connectivity index (χ4v) is 4.23. The van der Waals surface area contributed by atoms with Crippen molar-refractivity contribution in [2.75, 3.05) is 0 Å². The van der Waals surface area contributed by atoms with Crippen LogP contribution in [0, 0.1) is 36.0 Å². The molecule has 0 fully saturated rings. The van der Waals surface area contributed by atoms with E-state index in [0.29, 0.717) is 6.42 Å². The summed E-state index contributed by atoms with van der Waals surface area (Å²) in [5.41, 5.74) is 8.91. The van der Waals surface area contributed by atoms with Crippen molar-refractivity contribution in [3.63, 3.8) is 0 Å². The summed E-state index contributed by atoms with van der Waals surface area (Å²) in [6, 6.07) is -5.43. The number of carboxylic acid groups (broad SMARTS) is 1. The van der Waals surface area contributed by atoms with Crippen LogP contribution >= 0.6 is 0 Å². The second-order valence-electron chi connectivity index (χ2n) is 12.2. The number of carboxylic acids is 1. The molecule has 42 heavy (non-hydrogen) atoms. The van der Waals surface area contributed by atoms with E-state index in [0.717, 1.165) is 0 Å². The molecule has 0 aromatic heterocycles. The van der Waals surface area contributed by atoms with Crippen LogP contribution in [-0.2, 0) is 24.0 Å². The molecule has 0 saturated carbocycles. The van der Waals surface area contributed by atoms with E-state index in [4.69, 9.17) is 12.0 Å². The van der Waals surface area contributed by atoms with E-state index in [2.05, 4.69) is 37.2 Å². The first-order chi connectivity index (χ1) is 19.5. The summed E-state index contributed by atoms with van der Waals surface area (Å²) in [5, 5.41) is 23.4. The molecular weight excluding hydrogens is 542 g/mol. The quantitative estimate of drug-likeness (QED) is 0.0661. The number of carbonyl (C=O) groups is 5. The molecule has 0 saturated heterocycles. The van der Waals surface area contributed by atoms with Gasteiger partial charge in [-0.05, 0) is 54.9 Å². The number of hydrogen-bond donors (Lipinski definition) is 5. The Kier molecular flexibility index (Phi) is 17.6. The van der Waals surface area contributed by atoms with Crippen molar-refractivity contribution in [1.82, 2.24) is 21.3 Å². The number of hydrogen-bond acceptors (Lipinski definition) is 6. The van der Waals surface area contributed by atoms with Crippen LogP contribution in [0.15, 0.2) is 5.11 Å². The van der Waals surface area contributed by atoms with Crippen LogP contribution in [0.3, 0.4) is 0 Å². The number of carbonyl (C=O) groups excluding carboxylic acids is 4. The summed E-state index contributed by atoms with van der Waals surface area (Å²) < 4.78 is 0. The highest BCUT2D eigenvalue weighted by Crippen LogP contribution is 2.13. The van der Waals surface area contributed by atoms with E-state index < -0.39 is 59.8 Å². The molecule has 13 heteroatoms. The lowest BCUT2D eigenvalue weighted by atomic mass is 9.98. The minimum Gasteiger partial charge on any atom is -0.480 e. The molecule has 0 spiro atoms. The first kappa shape index (κ1) is 38.2. The van der Waals surface area contributed by atoms with Gasteiger partial charge in [0.05, 0.1) is 0 Å². The number of nitrogens with zero attached hydrogens (tertiary/aromatic N) is 3. The van der Waals surface area contributed by atoms with E-state index in [1.54, 1.807) is 0 Å². The van der Waals surface area contributed by atoms with Crippen molar-refractivity contribution in [2.24, 2.45) is 28.8 Å². The molecule has 236 valence electrons. The average molecular weight is 592 g/mol. The van der Waals surface area contributed by atoms with Crippen LogP contribution in [0.2, 0.25) is 0 Å². The molecule has 5 atom stereocenters. The van der Waals surface area contributed by atoms with Crippen molar-refractivity contribution in [2.45, 2.75) is 118 Å². The molecule has 4 amide bonds. The first-order valence-corrected chi connectivity index (χ1v) is 14.4. The Bertz CT molecular complexity index is 1010. The molecule has 0 aromatic carbocycles. The molecule has 0 heterocycles. The van der Waals surface area contributed by atoms with E-state index in [9.17, 15) is 29.1 Å². The van der Waals surface area contributed by atoms with Gasteiger partial charge in [0.1, 0.15) is 30.2 Å². The Morgan fingerprint density at radius 3 is 1.29 bits per heavy atom. The molecule has 0 unspecified atom stereocenters. The molecule has 0 rings (SSSR count). The molecule has 0 bridgehead atoms. The highest BCUT2D eigenvalue weighted by molar-refractivity contribution is 5.95. The highest BCUT2D eigenvalue weighted by Gasteiger charge is 2.33. The minimum absolute atomic E-state index is 0.00533. The first-order valence-electron chi connectivity index (χ1n) is 14.4. The third-order valence-electron chi connectivity index (χ3n) is 6.15. The van der Waals surface area contributed by atoms with Gasteiger partial charge in [-0.3, -0.25) is 19.2 Å². The van der Waals surface area contributed by atoms with Crippen molar-refractivity contribution in [3.05, 3.63) is 10.4 Å². The molecule has 13 nitrogen and oxygen atoms in total. The van der Waals surface area contributed by atoms with Gasteiger partial charge in [0, 0.05) is 11.3 Å². The van der Waals surface area contributed by atoms with Gasteiger partial charge in [0.25, 0.3) is 0 Å². The largest absolute Gasteiger partial charge is 0.480 e. The van der Waals surface area contributed by atoms with Gasteiger partial charge in [-0.15, -0.1) is 12.3 Å². The summed E-state index contributed by atoms with van der Waals surface area (Å²) in [7, 11) is 0. The van der Waals surface area contributed by atoms with Crippen molar-refractivity contribution < 1.29 is 29.1 Å². The maximum absolute atomic E-state index is 13.4. The molecule has 0 aliphatic carbocycles. The van der Waals surface area contributed by atoms with Gasteiger partial charge >= 0.3 is 5.97 Å². The smallest absolute Gasteiger partial charge is 0.327 e. The van der Waals surface area contributed by atoms with Gasteiger partial charge in [-0.2, -0.15) is 0 Å². The SMILES string of the molecule is C#CC[C@H](NC(=O)[C@H](CC(C)C)NC(=O)[C@H](CC(C)C)NC(=O)[C@H](CC(C)C)NC(=O)[C@H](CC(C)C)N=[N+]=[N-])C(=O)O. The Labute approximate surface area is 249 Å². The molecule has 0 radical (unpaired) electrons. The van der Waals surface area contributed by atoms with Crippen LogP contribution in [-0.4, -0.2) is 64.9 Å². The zero-order valence-electron chi connectivity index (χ0n) is 26.1. The molecule has 0 aromatic rings. The third-order valence-corrected chi connectivity index (χ3v) is 6.15. The summed E-state index contributed by atoms with van der Waals surface area (Å²) >= 11 is 0. The predicted octanol–water partition coefficient (Wildman–Crippen LogP) is 2.90. The Morgan fingerprint density at radius 2 is 1.00 bits per heavy atom. The summed E-state index contributed by atoms with van der Waals surface area (Å²) in [6.45, 7) is 14.9. The van der Waals surface area contributed by atoms with E-state index >= 15 is 0 Å². The number of rotatable bonds is 19. The van der Waals surface area contributed by atoms with Crippen LogP contribution in [0.1, 0.15) is 87.5 Å². The maximum Gasteiger partial charge on any atom is 0.327 e. The van der Waals surface area contributed by atoms with Crippen molar-refractivity contribution in [1.29, 1.82) is 0 Å². The number of terminal acetylenes is 1. The van der Waals surface area contributed by atoms with Crippen LogP contribution in [0.4, 0.5) is 0 Å². The van der Waals surface area contributed by atoms with Gasteiger partial charge < -0.3 is 26.4 Å². The van der Waals surface area contributed by atoms with E-state index in [-0.39, 0.29) is 49.4 Å². The van der Waals surface area contributed by atoms with Crippen LogP contribution in [0.5, 0.6) is 0 Å². The molecular formula is C29H49N7O6. The summed E-state index contributed by atoms with van der Waals surface area (Å²) in [6.07, 6.45) is 6.02. The van der Waals surface area contributed by atoms with E-state index in [1.807, 2.05) is 55.4 Å². The third kappa shape index (κ3) is 15.3. The zero-order chi connectivity index (χ0) is 32.6.